The van der Waals surface area contributed by atoms with Gasteiger partial charge < -0.3 is 15.4 Å². The van der Waals surface area contributed by atoms with Crippen LogP contribution >= 0.6 is 0 Å². The minimum absolute atomic E-state index is 0.0291. The first kappa shape index (κ1) is 15.5. The van der Waals surface area contributed by atoms with E-state index in [2.05, 4.69) is 17.6 Å². The number of hydrogen-bond donors (Lipinski definition) is 2. The molecule has 0 heterocycles. The lowest BCUT2D eigenvalue weighted by Crippen LogP contribution is -2.25. The van der Waals surface area contributed by atoms with Crippen molar-refractivity contribution < 1.29 is 9.53 Å². The molecule has 4 nitrogen and oxygen atoms in total. The van der Waals surface area contributed by atoms with Crippen molar-refractivity contribution in [1.29, 1.82) is 0 Å². The normalized spacial score (nSPS) is 10.2. The van der Waals surface area contributed by atoms with Gasteiger partial charge in [-0.2, -0.15) is 0 Å². The summed E-state index contributed by atoms with van der Waals surface area (Å²) in [6, 6.07) is 7.56. The fourth-order valence-electron chi connectivity index (χ4n) is 1.63. The highest BCUT2D eigenvalue weighted by Crippen LogP contribution is 2.09. The molecule has 0 atom stereocenters. The molecule has 1 amide bonds. The standard InChI is InChI=1S/C15H24N2O2/c1-3-10-16-14-8-6-13(7-9-14)15(18)17-11-5-12-19-4-2/h6-9,16H,3-5,10-12H2,1-2H3,(H,17,18). The molecule has 0 fully saturated rings. The van der Waals surface area contributed by atoms with Gasteiger partial charge in [0.05, 0.1) is 0 Å². The molecule has 0 spiro atoms. The molecule has 0 aliphatic carbocycles. The van der Waals surface area contributed by atoms with Crippen molar-refractivity contribution in [2.75, 3.05) is 31.6 Å². The van der Waals surface area contributed by atoms with Crippen LogP contribution in [-0.2, 0) is 4.74 Å². The highest BCUT2D eigenvalue weighted by molar-refractivity contribution is 5.94. The zero-order valence-electron chi connectivity index (χ0n) is 11.9. The van der Waals surface area contributed by atoms with Crippen LogP contribution in [0, 0.1) is 0 Å². The van der Waals surface area contributed by atoms with Crippen molar-refractivity contribution in [3.8, 4) is 0 Å². The van der Waals surface area contributed by atoms with Gasteiger partial charge in [-0.1, -0.05) is 6.92 Å². The summed E-state index contributed by atoms with van der Waals surface area (Å²) < 4.78 is 5.21. The number of hydrogen-bond acceptors (Lipinski definition) is 3. The van der Waals surface area contributed by atoms with E-state index in [4.69, 9.17) is 4.74 Å². The molecular formula is C15H24N2O2. The molecule has 0 aromatic heterocycles. The summed E-state index contributed by atoms with van der Waals surface area (Å²) in [6.45, 7) is 7.10. The number of nitrogens with one attached hydrogen (secondary N) is 2. The van der Waals surface area contributed by atoms with E-state index in [0.717, 1.165) is 31.7 Å². The number of carbonyl (C=O) groups excluding carboxylic acids is 1. The lowest BCUT2D eigenvalue weighted by Gasteiger charge is -2.07. The van der Waals surface area contributed by atoms with Crippen LogP contribution in [0.2, 0.25) is 0 Å². The van der Waals surface area contributed by atoms with Gasteiger partial charge in [0.2, 0.25) is 0 Å². The molecule has 0 saturated carbocycles. The lowest BCUT2D eigenvalue weighted by molar-refractivity contribution is 0.0944. The topological polar surface area (TPSA) is 50.4 Å². The van der Waals surface area contributed by atoms with Crippen molar-refractivity contribution in [3.63, 3.8) is 0 Å². The molecule has 0 saturated heterocycles. The molecule has 19 heavy (non-hydrogen) atoms. The van der Waals surface area contributed by atoms with Gasteiger partial charge >= 0.3 is 0 Å². The summed E-state index contributed by atoms with van der Waals surface area (Å²) in [5.74, 6) is -0.0291. The average Bonchev–Trinajstić information content (AvgIpc) is 2.45. The van der Waals surface area contributed by atoms with E-state index in [1.54, 1.807) is 0 Å². The molecule has 2 N–H and O–H groups in total. The second-order valence-electron chi connectivity index (χ2n) is 4.31. The van der Waals surface area contributed by atoms with Gasteiger partial charge in [0, 0.05) is 37.6 Å². The Kier molecular flexibility index (Phi) is 7.66. The summed E-state index contributed by atoms with van der Waals surface area (Å²) in [6.07, 6.45) is 1.93. The highest BCUT2D eigenvalue weighted by Gasteiger charge is 2.04. The van der Waals surface area contributed by atoms with E-state index < -0.39 is 0 Å². The van der Waals surface area contributed by atoms with E-state index in [-0.39, 0.29) is 5.91 Å². The van der Waals surface area contributed by atoms with Crippen molar-refractivity contribution >= 4 is 11.6 Å². The smallest absolute Gasteiger partial charge is 0.251 e. The fourth-order valence-corrected chi connectivity index (χ4v) is 1.63. The van der Waals surface area contributed by atoms with Crippen LogP contribution in [0.1, 0.15) is 37.0 Å². The average molecular weight is 264 g/mol. The zero-order chi connectivity index (χ0) is 13.9. The number of ether oxygens (including phenoxy) is 1. The predicted octanol–water partition coefficient (Wildman–Crippen LogP) is 2.66. The van der Waals surface area contributed by atoms with E-state index in [0.29, 0.717) is 18.7 Å². The number of carbonyl (C=O) groups is 1. The summed E-state index contributed by atoms with van der Waals surface area (Å²) >= 11 is 0. The summed E-state index contributed by atoms with van der Waals surface area (Å²) in [5, 5.41) is 6.16. The molecule has 0 radical (unpaired) electrons. The van der Waals surface area contributed by atoms with Crippen LogP contribution in [0.25, 0.3) is 0 Å². The van der Waals surface area contributed by atoms with Gasteiger partial charge in [-0.05, 0) is 44.0 Å². The maximum absolute atomic E-state index is 11.8. The Hall–Kier alpha value is -1.55. The second kappa shape index (κ2) is 9.39. The lowest BCUT2D eigenvalue weighted by atomic mass is 10.2. The van der Waals surface area contributed by atoms with E-state index >= 15 is 0 Å². The molecule has 4 heteroatoms. The first-order valence-corrected chi connectivity index (χ1v) is 6.97. The highest BCUT2D eigenvalue weighted by atomic mass is 16.5. The SMILES string of the molecule is CCCNc1ccc(C(=O)NCCCOCC)cc1. The molecule has 0 aliphatic heterocycles. The Morgan fingerprint density at radius 3 is 2.53 bits per heavy atom. The Balaban J connectivity index is 2.32. The van der Waals surface area contributed by atoms with E-state index in [1.165, 1.54) is 0 Å². The van der Waals surface area contributed by atoms with Crippen LogP contribution in [0.4, 0.5) is 5.69 Å². The van der Waals surface area contributed by atoms with Crippen LogP contribution in [-0.4, -0.2) is 32.2 Å². The van der Waals surface area contributed by atoms with Crippen molar-refractivity contribution in [2.24, 2.45) is 0 Å². The molecule has 0 aliphatic rings. The van der Waals surface area contributed by atoms with Crippen LogP contribution in [0.15, 0.2) is 24.3 Å². The quantitative estimate of drug-likeness (QED) is 0.674. The van der Waals surface area contributed by atoms with Crippen molar-refractivity contribution in [3.05, 3.63) is 29.8 Å². The number of benzene rings is 1. The van der Waals surface area contributed by atoms with E-state index in [1.807, 2.05) is 31.2 Å². The number of amides is 1. The van der Waals surface area contributed by atoms with Crippen LogP contribution in [0.5, 0.6) is 0 Å². The molecule has 0 bridgehead atoms. The zero-order valence-corrected chi connectivity index (χ0v) is 11.9. The predicted molar refractivity (Wildman–Crippen MR) is 78.7 cm³/mol. The summed E-state index contributed by atoms with van der Waals surface area (Å²) in [5.41, 5.74) is 1.74. The van der Waals surface area contributed by atoms with Crippen LogP contribution < -0.4 is 10.6 Å². The maximum atomic E-state index is 11.8. The number of anilines is 1. The van der Waals surface area contributed by atoms with Gasteiger partial charge in [0.1, 0.15) is 0 Å². The molecule has 1 aromatic rings. The first-order valence-electron chi connectivity index (χ1n) is 6.97. The van der Waals surface area contributed by atoms with Gasteiger partial charge in [-0.25, -0.2) is 0 Å². The molecule has 0 unspecified atom stereocenters. The Morgan fingerprint density at radius 1 is 1.16 bits per heavy atom. The molecule has 106 valence electrons. The van der Waals surface area contributed by atoms with Crippen molar-refractivity contribution in [1.82, 2.24) is 5.32 Å². The third kappa shape index (κ3) is 6.25. The minimum atomic E-state index is -0.0291. The summed E-state index contributed by atoms with van der Waals surface area (Å²) in [4.78, 5) is 11.8. The molecular weight excluding hydrogens is 240 g/mol. The van der Waals surface area contributed by atoms with Gasteiger partial charge in [0.15, 0.2) is 0 Å². The number of rotatable bonds is 9. The van der Waals surface area contributed by atoms with E-state index in [9.17, 15) is 4.79 Å². The first-order chi connectivity index (χ1) is 9.27. The monoisotopic (exact) mass is 264 g/mol. The van der Waals surface area contributed by atoms with Gasteiger partial charge in [0.25, 0.3) is 5.91 Å². The largest absolute Gasteiger partial charge is 0.385 e. The van der Waals surface area contributed by atoms with Crippen molar-refractivity contribution in [2.45, 2.75) is 26.7 Å². The fraction of sp³-hybridized carbons (Fsp3) is 0.533. The third-order valence-corrected chi connectivity index (χ3v) is 2.68. The Morgan fingerprint density at radius 2 is 1.89 bits per heavy atom. The Labute approximate surface area is 115 Å². The molecule has 1 rings (SSSR count). The summed E-state index contributed by atoms with van der Waals surface area (Å²) in [7, 11) is 0. The van der Waals surface area contributed by atoms with Crippen LogP contribution in [0.3, 0.4) is 0 Å². The van der Waals surface area contributed by atoms with Gasteiger partial charge in [-0.15, -0.1) is 0 Å². The third-order valence-electron chi connectivity index (χ3n) is 2.68. The second-order valence-corrected chi connectivity index (χ2v) is 4.31. The maximum Gasteiger partial charge on any atom is 0.251 e. The molecule has 1 aromatic carbocycles. The Bertz CT molecular complexity index is 363. The van der Waals surface area contributed by atoms with Gasteiger partial charge in [-0.3, -0.25) is 4.79 Å². The minimum Gasteiger partial charge on any atom is -0.385 e.